The van der Waals surface area contributed by atoms with Crippen LogP contribution in [0.3, 0.4) is 0 Å². The first kappa shape index (κ1) is 19.6. The number of benzene rings is 2. The van der Waals surface area contributed by atoms with Gasteiger partial charge in [-0.25, -0.2) is 13.4 Å². The SMILES string of the molecule is O=S(=O)(c1cc(C(F)(F)F)ccc1Cl)N1CCC[C@H]1c1nc2ccccc2s1. The van der Waals surface area contributed by atoms with Gasteiger partial charge < -0.3 is 0 Å². The van der Waals surface area contributed by atoms with E-state index in [0.29, 0.717) is 23.9 Å². The van der Waals surface area contributed by atoms with Gasteiger partial charge in [-0.2, -0.15) is 17.5 Å². The van der Waals surface area contributed by atoms with Crippen LogP contribution >= 0.6 is 22.9 Å². The summed E-state index contributed by atoms with van der Waals surface area (Å²) in [6, 6.07) is 9.28. The van der Waals surface area contributed by atoms with Gasteiger partial charge in [0.25, 0.3) is 0 Å². The Morgan fingerprint density at radius 3 is 2.64 bits per heavy atom. The quantitative estimate of drug-likeness (QED) is 0.534. The Kier molecular flexibility index (Phi) is 4.89. The second kappa shape index (κ2) is 6.98. The third kappa shape index (κ3) is 3.41. The predicted octanol–water partition coefficient (Wildman–Crippen LogP) is 5.49. The maximum absolute atomic E-state index is 13.2. The molecule has 0 saturated carbocycles. The highest BCUT2D eigenvalue weighted by atomic mass is 35.5. The number of nitrogens with zero attached hydrogens (tertiary/aromatic N) is 2. The van der Waals surface area contributed by atoms with Crippen molar-refractivity contribution in [2.45, 2.75) is 30.0 Å². The number of sulfonamides is 1. The summed E-state index contributed by atoms with van der Waals surface area (Å²) in [5, 5.41) is 0.397. The first-order valence-electron chi connectivity index (χ1n) is 8.42. The van der Waals surface area contributed by atoms with Gasteiger partial charge in [-0.1, -0.05) is 23.7 Å². The molecule has 1 aromatic heterocycles. The van der Waals surface area contributed by atoms with E-state index < -0.39 is 32.7 Å². The molecule has 1 aliphatic rings. The largest absolute Gasteiger partial charge is 0.416 e. The second-order valence-electron chi connectivity index (χ2n) is 6.44. The number of hydrogen-bond donors (Lipinski definition) is 0. The van der Waals surface area contributed by atoms with Crippen molar-refractivity contribution in [3.05, 3.63) is 58.1 Å². The van der Waals surface area contributed by atoms with E-state index >= 15 is 0 Å². The van der Waals surface area contributed by atoms with Crippen molar-refractivity contribution in [2.75, 3.05) is 6.54 Å². The van der Waals surface area contributed by atoms with Crippen molar-refractivity contribution in [3.8, 4) is 0 Å². The van der Waals surface area contributed by atoms with Crippen LogP contribution in [0.5, 0.6) is 0 Å². The van der Waals surface area contributed by atoms with E-state index in [2.05, 4.69) is 4.98 Å². The molecule has 0 spiro atoms. The molecule has 148 valence electrons. The maximum Gasteiger partial charge on any atom is 0.416 e. The Hall–Kier alpha value is -1.68. The van der Waals surface area contributed by atoms with Crippen LogP contribution in [-0.4, -0.2) is 24.3 Å². The minimum absolute atomic E-state index is 0.204. The summed E-state index contributed by atoms with van der Waals surface area (Å²) in [5.41, 5.74) is -0.282. The van der Waals surface area contributed by atoms with Gasteiger partial charge in [0.15, 0.2) is 0 Å². The van der Waals surface area contributed by atoms with Crippen LogP contribution in [0.1, 0.15) is 29.5 Å². The number of thiazole rings is 1. The molecule has 4 rings (SSSR count). The summed E-state index contributed by atoms with van der Waals surface area (Å²) < 4.78 is 67.7. The van der Waals surface area contributed by atoms with E-state index in [-0.39, 0.29) is 11.6 Å². The highest BCUT2D eigenvalue weighted by Gasteiger charge is 2.40. The summed E-state index contributed by atoms with van der Waals surface area (Å²) in [5.74, 6) is 0. The fraction of sp³-hybridized carbons (Fsp3) is 0.278. The number of para-hydroxylation sites is 1. The Labute approximate surface area is 168 Å². The first-order valence-corrected chi connectivity index (χ1v) is 11.1. The van der Waals surface area contributed by atoms with Crippen molar-refractivity contribution < 1.29 is 21.6 Å². The first-order chi connectivity index (χ1) is 13.2. The molecule has 4 nitrogen and oxygen atoms in total. The molecule has 1 atom stereocenters. The number of aromatic nitrogens is 1. The van der Waals surface area contributed by atoms with Crippen LogP contribution < -0.4 is 0 Å². The monoisotopic (exact) mass is 446 g/mol. The molecule has 2 aromatic carbocycles. The number of rotatable bonds is 3. The molecule has 0 unspecified atom stereocenters. The van der Waals surface area contributed by atoms with Crippen LogP contribution in [0.25, 0.3) is 10.2 Å². The second-order valence-corrected chi connectivity index (χ2v) is 9.76. The molecular weight excluding hydrogens is 433 g/mol. The molecule has 28 heavy (non-hydrogen) atoms. The van der Waals surface area contributed by atoms with Gasteiger partial charge in [-0.05, 0) is 43.2 Å². The average molecular weight is 447 g/mol. The van der Waals surface area contributed by atoms with Gasteiger partial charge >= 0.3 is 6.18 Å². The molecule has 3 aromatic rings. The van der Waals surface area contributed by atoms with Gasteiger partial charge in [0.2, 0.25) is 10.0 Å². The lowest BCUT2D eigenvalue weighted by molar-refractivity contribution is -0.137. The summed E-state index contributed by atoms with van der Waals surface area (Å²) in [7, 11) is -4.22. The van der Waals surface area contributed by atoms with Crippen LogP contribution in [0.2, 0.25) is 5.02 Å². The molecule has 0 aliphatic carbocycles. The van der Waals surface area contributed by atoms with Crippen molar-refractivity contribution in [1.82, 2.24) is 9.29 Å². The lowest BCUT2D eigenvalue weighted by Crippen LogP contribution is -2.31. The standard InChI is InChI=1S/C18H14ClF3N2O2S2/c19-12-8-7-11(18(20,21)22)10-16(12)28(25,26)24-9-3-5-14(24)17-23-13-4-1-2-6-15(13)27-17/h1-2,4,6-8,10,14H,3,5,9H2/t14-/m0/s1. The highest BCUT2D eigenvalue weighted by Crippen LogP contribution is 2.42. The molecule has 1 aliphatic heterocycles. The summed E-state index contributed by atoms with van der Waals surface area (Å²) in [6.07, 6.45) is -3.52. The number of fused-ring (bicyclic) bond motifs is 1. The Morgan fingerprint density at radius 1 is 1.18 bits per heavy atom. The van der Waals surface area contributed by atoms with Gasteiger partial charge in [0, 0.05) is 6.54 Å². The van der Waals surface area contributed by atoms with Crippen molar-refractivity contribution in [2.24, 2.45) is 0 Å². The zero-order chi connectivity index (χ0) is 20.1. The molecule has 2 heterocycles. The fourth-order valence-electron chi connectivity index (χ4n) is 3.31. The molecule has 1 fully saturated rings. The van der Waals surface area contributed by atoms with Crippen molar-refractivity contribution in [1.29, 1.82) is 0 Å². The molecule has 0 radical (unpaired) electrons. The van der Waals surface area contributed by atoms with E-state index in [1.807, 2.05) is 24.3 Å². The third-order valence-electron chi connectivity index (χ3n) is 4.64. The van der Waals surface area contributed by atoms with E-state index in [1.165, 1.54) is 15.6 Å². The lowest BCUT2D eigenvalue weighted by atomic mass is 10.2. The molecule has 1 saturated heterocycles. The molecule has 0 amide bonds. The number of alkyl halides is 3. The van der Waals surface area contributed by atoms with Crippen LogP contribution in [0, 0.1) is 0 Å². The van der Waals surface area contributed by atoms with Gasteiger partial charge in [-0.3, -0.25) is 0 Å². The Balaban J connectivity index is 1.76. The minimum Gasteiger partial charge on any atom is -0.239 e. The predicted molar refractivity (Wildman–Crippen MR) is 102 cm³/mol. The number of hydrogen-bond acceptors (Lipinski definition) is 4. The molecule has 10 heteroatoms. The normalized spacial score (nSPS) is 18.8. The topological polar surface area (TPSA) is 50.3 Å². The van der Waals surface area contributed by atoms with Gasteiger partial charge in [0.05, 0.1) is 26.8 Å². The summed E-state index contributed by atoms with van der Waals surface area (Å²) in [6.45, 7) is 0.204. The van der Waals surface area contributed by atoms with E-state index in [9.17, 15) is 21.6 Å². The summed E-state index contributed by atoms with van der Waals surface area (Å²) >= 11 is 7.37. The van der Waals surface area contributed by atoms with Gasteiger partial charge in [-0.15, -0.1) is 11.3 Å². The molecule has 0 N–H and O–H groups in total. The zero-order valence-corrected chi connectivity index (χ0v) is 16.7. The molecular formula is C18H14ClF3N2O2S2. The Morgan fingerprint density at radius 2 is 1.93 bits per heavy atom. The van der Waals surface area contributed by atoms with Crippen LogP contribution in [-0.2, 0) is 16.2 Å². The molecule has 0 bridgehead atoms. The Bertz CT molecular complexity index is 1110. The van der Waals surface area contributed by atoms with E-state index in [4.69, 9.17) is 11.6 Å². The maximum atomic E-state index is 13.2. The lowest BCUT2D eigenvalue weighted by Gasteiger charge is -2.23. The van der Waals surface area contributed by atoms with E-state index in [0.717, 1.165) is 22.3 Å². The van der Waals surface area contributed by atoms with Crippen LogP contribution in [0.15, 0.2) is 47.4 Å². The third-order valence-corrected chi connectivity index (χ3v) is 8.17. The minimum atomic E-state index is -4.66. The number of halogens is 4. The van der Waals surface area contributed by atoms with Crippen LogP contribution in [0.4, 0.5) is 13.2 Å². The smallest absolute Gasteiger partial charge is 0.239 e. The average Bonchev–Trinajstić information content (AvgIpc) is 3.27. The van der Waals surface area contributed by atoms with E-state index in [1.54, 1.807) is 0 Å². The van der Waals surface area contributed by atoms with Gasteiger partial charge in [0.1, 0.15) is 9.90 Å². The van der Waals surface area contributed by atoms with Crippen molar-refractivity contribution in [3.63, 3.8) is 0 Å². The summed E-state index contributed by atoms with van der Waals surface area (Å²) in [4.78, 5) is 4.00. The zero-order valence-electron chi connectivity index (χ0n) is 14.3. The fourth-order valence-corrected chi connectivity index (χ4v) is 6.66. The van der Waals surface area contributed by atoms with Crippen molar-refractivity contribution >= 4 is 43.2 Å². The highest BCUT2D eigenvalue weighted by molar-refractivity contribution is 7.89.